The van der Waals surface area contributed by atoms with E-state index in [0.29, 0.717) is 11.8 Å². The molecule has 6 heteroatoms. The van der Waals surface area contributed by atoms with Crippen LogP contribution in [0.15, 0.2) is 0 Å². The fraction of sp³-hybridized carbons (Fsp3) is 0.714. The Bertz CT molecular complexity index is 416. The lowest BCUT2D eigenvalue weighted by molar-refractivity contribution is 0.191. The maximum absolute atomic E-state index is 6.20. The fourth-order valence-electron chi connectivity index (χ4n) is 1.91. The molecule has 0 atom stereocenters. The largest absolute Gasteiger partial charge is 0.385 e. The van der Waals surface area contributed by atoms with Crippen LogP contribution in [-0.2, 0) is 15.9 Å². The van der Waals surface area contributed by atoms with Crippen LogP contribution in [0.1, 0.15) is 24.7 Å². The number of aryl methyl sites for hydroxylation is 1. The molecule has 0 bridgehead atoms. The summed E-state index contributed by atoms with van der Waals surface area (Å²) in [6.45, 7) is 6.98. The molecule has 1 aromatic rings. The molecule has 0 unspecified atom stereocenters. The smallest absolute Gasteiger partial charge is 0.137 e. The van der Waals surface area contributed by atoms with Gasteiger partial charge in [-0.15, -0.1) is 0 Å². The predicted octanol–water partition coefficient (Wildman–Crippen LogP) is 2.49. The van der Waals surface area contributed by atoms with Gasteiger partial charge in [-0.2, -0.15) is 0 Å². The molecule has 1 heterocycles. The average molecular weight is 302 g/mol. The van der Waals surface area contributed by atoms with Crippen LogP contribution >= 0.6 is 11.6 Å². The van der Waals surface area contributed by atoms with Gasteiger partial charge in [0.05, 0.1) is 6.61 Å². The van der Waals surface area contributed by atoms with Crippen LogP contribution in [0, 0.1) is 6.92 Å². The minimum absolute atomic E-state index is 0.529. The van der Waals surface area contributed by atoms with Gasteiger partial charge in [-0.05, 0) is 13.3 Å². The van der Waals surface area contributed by atoms with Crippen molar-refractivity contribution in [1.29, 1.82) is 0 Å². The third-order valence-corrected chi connectivity index (χ3v) is 3.43. The third kappa shape index (κ3) is 4.89. The van der Waals surface area contributed by atoms with Gasteiger partial charge in [-0.3, -0.25) is 0 Å². The van der Waals surface area contributed by atoms with Crippen LogP contribution in [0.2, 0.25) is 5.15 Å². The van der Waals surface area contributed by atoms with Crippen LogP contribution < -0.4 is 4.90 Å². The normalized spacial score (nSPS) is 10.8. The first-order valence-electron chi connectivity index (χ1n) is 6.89. The zero-order valence-electron chi connectivity index (χ0n) is 12.8. The number of rotatable bonds is 9. The van der Waals surface area contributed by atoms with Gasteiger partial charge < -0.3 is 14.4 Å². The van der Waals surface area contributed by atoms with Gasteiger partial charge in [0, 0.05) is 45.9 Å². The fourth-order valence-corrected chi connectivity index (χ4v) is 2.09. The van der Waals surface area contributed by atoms with E-state index < -0.39 is 0 Å². The second-order valence-electron chi connectivity index (χ2n) is 4.56. The van der Waals surface area contributed by atoms with Gasteiger partial charge in [0.1, 0.15) is 16.8 Å². The Labute approximate surface area is 126 Å². The van der Waals surface area contributed by atoms with E-state index in [-0.39, 0.29) is 0 Å². The first kappa shape index (κ1) is 17.1. The molecule has 0 aromatic carbocycles. The first-order chi connectivity index (χ1) is 9.63. The monoisotopic (exact) mass is 301 g/mol. The highest BCUT2D eigenvalue weighted by atomic mass is 35.5. The summed E-state index contributed by atoms with van der Waals surface area (Å²) in [5.74, 6) is 1.67. The van der Waals surface area contributed by atoms with Crippen molar-refractivity contribution in [3.05, 3.63) is 16.5 Å². The third-order valence-electron chi connectivity index (χ3n) is 3.06. The van der Waals surface area contributed by atoms with E-state index in [0.717, 1.165) is 49.7 Å². The second-order valence-corrected chi connectivity index (χ2v) is 4.92. The standard InChI is InChI=1S/C14H24ClN3O2/c1-5-12-16-13(15)11(2)14(17-12)18(8-10-20-4)7-6-9-19-3/h5-10H2,1-4H3. The molecule has 0 spiro atoms. The Balaban J connectivity index is 2.95. The van der Waals surface area contributed by atoms with Crippen LogP contribution in [0.4, 0.5) is 5.82 Å². The minimum Gasteiger partial charge on any atom is -0.385 e. The molecule has 0 saturated carbocycles. The molecule has 0 amide bonds. The second kappa shape index (κ2) is 9.10. The number of halogens is 1. The van der Waals surface area contributed by atoms with Crippen LogP contribution in [0.5, 0.6) is 0 Å². The van der Waals surface area contributed by atoms with Crippen LogP contribution in [0.25, 0.3) is 0 Å². The van der Waals surface area contributed by atoms with Crippen molar-refractivity contribution >= 4 is 17.4 Å². The van der Waals surface area contributed by atoms with E-state index in [2.05, 4.69) is 14.9 Å². The van der Waals surface area contributed by atoms with E-state index in [4.69, 9.17) is 21.1 Å². The summed E-state index contributed by atoms with van der Waals surface area (Å²) in [6.07, 6.45) is 1.70. The Kier molecular flexibility index (Phi) is 7.80. The number of nitrogens with zero attached hydrogens (tertiary/aromatic N) is 3. The average Bonchev–Trinajstić information content (AvgIpc) is 2.45. The topological polar surface area (TPSA) is 47.5 Å². The predicted molar refractivity (Wildman–Crippen MR) is 81.7 cm³/mol. The highest BCUT2D eigenvalue weighted by molar-refractivity contribution is 6.30. The number of hydrogen-bond donors (Lipinski definition) is 0. The van der Waals surface area contributed by atoms with E-state index in [1.165, 1.54) is 0 Å². The zero-order chi connectivity index (χ0) is 15.0. The molecule has 20 heavy (non-hydrogen) atoms. The molecule has 0 aliphatic carbocycles. The van der Waals surface area contributed by atoms with Crippen LogP contribution in [0.3, 0.4) is 0 Å². The quantitative estimate of drug-likeness (QED) is 0.518. The van der Waals surface area contributed by atoms with Gasteiger partial charge in [0.15, 0.2) is 0 Å². The van der Waals surface area contributed by atoms with Gasteiger partial charge >= 0.3 is 0 Å². The number of ether oxygens (including phenoxy) is 2. The van der Waals surface area contributed by atoms with Crippen molar-refractivity contribution in [3.8, 4) is 0 Å². The van der Waals surface area contributed by atoms with Gasteiger partial charge in [0.2, 0.25) is 0 Å². The summed E-state index contributed by atoms with van der Waals surface area (Å²) in [4.78, 5) is 11.1. The number of anilines is 1. The summed E-state index contributed by atoms with van der Waals surface area (Å²) >= 11 is 6.20. The molecule has 1 rings (SSSR count). The summed E-state index contributed by atoms with van der Waals surface area (Å²) in [5.41, 5.74) is 0.914. The lowest BCUT2D eigenvalue weighted by atomic mass is 10.2. The van der Waals surface area contributed by atoms with Crippen LogP contribution in [-0.4, -0.2) is 50.5 Å². The molecule has 0 saturated heterocycles. The highest BCUT2D eigenvalue weighted by Gasteiger charge is 2.15. The van der Waals surface area contributed by atoms with E-state index >= 15 is 0 Å². The first-order valence-corrected chi connectivity index (χ1v) is 7.27. The maximum Gasteiger partial charge on any atom is 0.137 e. The summed E-state index contributed by atoms with van der Waals surface area (Å²) in [7, 11) is 3.41. The molecule has 0 fully saturated rings. The van der Waals surface area contributed by atoms with Gasteiger partial charge in [-0.25, -0.2) is 9.97 Å². The van der Waals surface area contributed by atoms with Crippen molar-refractivity contribution in [2.24, 2.45) is 0 Å². The Morgan fingerprint density at radius 3 is 2.40 bits per heavy atom. The Morgan fingerprint density at radius 2 is 1.80 bits per heavy atom. The number of aromatic nitrogens is 2. The molecule has 114 valence electrons. The van der Waals surface area contributed by atoms with Crippen molar-refractivity contribution in [1.82, 2.24) is 9.97 Å². The van der Waals surface area contributed by atoms with Crippen molar-refractivity contribution < 1.29 is 9.47 Å². The van der Waals surface area contributed by atoms with Crippen molar-refractivity contribution in [3.63, 3.8) is 0 Å². The molecular weight excluding hydrogens is 278 g/mol. The number of methoxy groups -OCH3 is 2. The highest BCUT2D eigenvalue weighted by Crippen LogP contribution is 2.23. The summed E-state index contributed by atoms with van der Waals surface area (Å²) in [5, 5.41) is 0.529. The van der Waals surface area contributed by atoms with Gasteiger partial charge in [-0.1, -0.05) is 18.5 Å². The number of hydrogen-bond acceptors (Lipinski definition) is 5. The molecular formula is C14H24ClN3O2. The molecule has 1 aromatic heterocycles. The molecule has 0 aliphatic heterocycles. The molecule has 0 N–H and O–H groups in total. The zero-order valence-corrected chi connectivity index (χ0v) is 13.5. The molecule has 0 radical (unpaired) electrons. The van der Waals surface area contributed by atoms with E-state index in [9.17, 15) is 0 Å². The van der Waals surface area contributed by atoms with E-state index in [1.807, 2.05) is 13.8 Å². The lowest BCUT2D eigenvalue weighted by Gasteiger charge is -2.25. The SMILES string of the molecule is CCc1nc(Cl)c(C)c(N(CCCOC)CCOC)n1. The van der Waals surface area contributed by atoms with Gasteiger partial charge in [0.25, 0.3) is 0 Å². The van der Waals surface area contributed by atoms with Crippen molar-refractivity contribution in [2.75, 3.05) is 45.4 Å². The minimum atomic E-state index is 0.529. The maximum atomic E-state index is 6.20. The molecule has 0 aliphatic rings. The lowest BCUT2D eigenvalue weighted by Crippen LogP contribution is -2.31. The molecule has 5 nitrogen and oxygen atoms in total. The Morgan fingerprint density at radius 1 is 1.10 bits per heavy atom. The Hall–Kier alpha value is -0.910. The summed E-state index contributed by atoms with van der Waals surface area (Å²) < 4.78 is 10.3. The van der Waals surface area contributed by atoms with Crippen molar-refractivity contribution in [2.45, 2.75) is 26.7 Å². The van der Waals surface area contributed by atoms with E-state index in [1.54, 1.807) is 14.2 Å². The summed E-state index contributed by atoms with van der Waals surface area (Å²) in [6, 6.07) is 0.